The van der Waals surface area contributed by atoms with Crippen molar-refractivity contribution >= 4 is 17.3 Å². The number of nitrogens with two attached hydrogens (primary N) is 1. The summed E-state index contributed by atoms with van der Waals surface area (Å²) in [6, 6.07) is 5.83. The summed E-state index contributed by atoms with van der Waals surface area (Å²) in [4.78, 5) is 0. The smallest absolute Gasteiger partial charge is 0.0635 e. The molecule has 0 heterocycles. The molecule has 0 atom stereocenters. The van der Waals surface area contributed by atoms with Crippen molar-refractivity contribution in [2.75, 3.05) is 12.3 Å². The van der Waals surface area contributed by atoms with E-state index in [0.717, 1.165) is 19.0 Å². The molecule has 1 aromatic rings. The molecule has 1 aliphatic carbocycles. The van der Waals surface area contributed by atoms with Gasteiger partial charge in [0, 0.05) is 6.54 Å². The molecule has 2 nitrogen and oxygen atoms in total. The molecule has 1 saturated carbocycles. The normalized spacial score (nSPS) is 16.1. The van der Waals surface area contributed by atoms with Crippen LogP contribution in [0.1, 0.15) is 31.2 Å². The van der Waals surface area contributed by atoms with Gasteiger partial charge in [-0.15, -0.1) is 0 Å². The summed E-state index contributed by atoms with van der Waals surface area (Å²) in [6.45, 7) is 1.99. The number of nitrogens with one attached hydrogen (secondary N) is 1. The maximum atomic E-state index is 5.86. The van der Waals surface area contributed by atoms with Gasteiger partial charge in [-0.2, -0.15) is 0 Å². The Hall–Kier alpha value is -0.730. The number of hydrogen-bond acceptors (Lipinski definition) is 2. The Morgan fingerprint density at radius 2 is 2.19 bits per heavy atom. The first-order chi connectivity index (χ1) is 7.75. The summed E-state index contributed by atoms with van der Waals surface area (Å²) in [7, 11) is 0. The van der Waals surface area contributed by atoms with Gasteiger partial charge in [-0.05, 0) is 36.6 Å². The second-order valence-corrected chi connectivity index (χ2v) is 5.03. The van der Waals surface area contributed by atoms with Crippen molar-refractivity contribution in [3.05, 3.63) is 28.8 Å². The van der Waals surface area contributed by atoms with Crippen molar-refractivity contribution in [2.45, 2.75) is 32.2 Å². The topological polar surface area (TPSA) is 38.0 Å². The first-order valence-corrected chi connectivity index (χ1v) is 6.38. The molecule has 0 radical (unpaired) electrons. The van der Waals surface area contributed by atoms with Gasteiger partial charge in [0.1, 0.15) is 0 Å². The van der Waals surface area contributed by atoms with Gasteiger partial charge in [-0.3, -0.25) is 0 Å². The van der Waals surface area contributed by atoms with Crippen LogP contribution in [-0.2, 0) is 6.54 Å². The molecule has 1 aliphatic rings. The Labute approximate surface area is 102 Å². The minimum atomic E-state index is 0.637. The van der Waals surface area contributed by atoms with E-state index in [2.05, 4.69) is 5.32 Å². The molecular weight excluding hydrogens is 220 g/mol. The summed E-state index contributed by atoms with van der Waals surface area (Å²) < 4.78 is 0. The van der Waals surface area contributed by atoms with Crippen molar-refractivity contribution in [2.24, 2.45) is 5.92 Å². The Morgan fingerprint density at radius 3 is 2.81 bits per heavy atom. The predicted molar refractivity (Wildman–Crippen MR) is 69.5 cm³/mol. The maximum Gasteiger partial charge on any atom is 0.0635 e. The number of halogens is 1. The summed E-state index contributed by atoms with van der Waals surface area (Å²) in [5.41, 5.74) is 7.61. The first-order valence-electron chi connectivity index (χ1n) is 6.00. The van der Waals surface area contributed by atoms with Gasteiger partial charge in [0.2, 0.25) is 0 Å². The second kappa shape index (κ2) is 5.55. The summed E-state index contributed by atoms with van der Waals surface area (Å²) in [5, 5.41) is 4.09. The third kappa shape index (κ3) is 3.13. The molecule has 88 valence electrons. The molecular formula is C13H19ClN2. The SMILES string of the molecule is Nc1cc(CNCCC2CCC2)ccc1Cl. The lowest BCUT2D eigenvalue weighted by molar-refractivity contribution is 0.292. The molecule has 1 aromatic carbocycles. The highest BCUT2D eigenvalue weighted by atomic mass is 35.5. The van der Waals surface area contributed by atoms with Crippen molar-refractivity contribution in [1.82, 2.24) is 5.32 Å². The van der Waals surface area contributed by atoms with Crippen molar-refractivity contribution in [3.63, 3.8) is 0 Å². The van der Waals surface area contributed by atoms with Crippen LogP contribution in [0.5, 0.6) is 0 Å². The molecule has 2 rings (SSSR count). The largest absolute Gasteiger partial charge is 0.398 e. The van der Waals surface area contributed by atoms with E-state index in [1.165, 1.54) is 31.2 Å². The van der Waals surface area contributed by atoms with Crippen molar-refractivity contribution in [3.8, 4) is 0 Å². The predicted octanol–water partition coefficient (Wildman–Crippen LogP) is 3.20. The molecule has 0 bridgehead atoms. The summed E-state index contributed by atoms with van der Waals surface area (Å²) >= 11 is 5.86. The molecule has 16 heavy (non-hydrogen) atoms. The van der Waals surface area contributed by atoms with Gasteiger partial charge in [0.15, 0.2) is 0 Å². The highest BCUT2D eigenvalue weighted by molar-refractivity contribution is 6.33. The zero-order valence-electron chi connectivity index (χ0n) is 9.51. The first kappa shape index (κ1) is 11.7. The van der Waals surface area contributed by atoms with Crippen LogP contribution in [0, 0.1) is 5.92 Å². The molecule has 3 N–H and O–H groups in total. The molecule has 0 amide bonds. The number of anilines is 1. The molecule has 0 spiro atoms. The number of rotatable bonds is 5. The van der Waals surface area contributed by atoms with Crippen molar-refractivity contribution < 1.29 is 0 Å². The van der Waals surface area contributed by atoms with E-state index in [0.29, 0.717) is 10.7 Å². The third-order valence-electron chi connectivity index (χ3n) is 3.34. The highest BCUT2D eigenvalue weighted by Crippen LogP contribution is 2.28. The van der Waals surface area contributed by atoms with E-state index >= 15 is 0 Å². The quantitative estimate of drug-likeness (QED) is 0.611. The standard InChI is InChI=1S/C13H19ClN2/c14-12-5-4-11(8-13(12)15)9-16-7-6-10-2-1-3-10/h4-5,8,10,16H,1-3,6-7,9,15H2. The van der Waals surface area contributed by atoms with Gasteiger partial charge in [-0.25, -0.2) is 0 Å². The van der Waals surface area contributed by atoms with Gasteiger partial charge < -0.3 is 11.1 Å². The average Bonchev–Trinajstić information content (AvgIpc) is 2.20. The van der Waals surface area contributed by atoms with Crippen LogP contribution in [0.25, 0.3) is 0 Å². The van der Waals surface area contributed by atoms with Crippen LogP contribution < -0.4 is 11.1 Å². The Balaban J connectivity index is 1.69. The zero-order valence-corrected chi connectivity index (χ0v) is 10.3. The van der Waals surface area contributed by atoms with E-state index < -0.39 is 0 Å². The fraction of sp³-hybridized carbons (Fsp3) is 0.538. The molecule has 3 heteroatoms. The van der Waals surface area contributed by atoms with Gasteiger partial charge in [-0.1, -0.05) is 36.9 Å². The Bertz CT molecular complexity index is 348. The van der Waals surface area contributed by atoms with E-state index in [9.17, 15) is 0 Å². The third-order valence-corrected chi connectivity index (χ3v) is 3.69. The monoisotopic (exact) mass is 238 g/mol. The maximum absolute atomic E-state index is 5.86. The lowest BCUT2D eigenvalue weighted by Gasteiger charge is -2.25. The molecule has 0 unspecified atom stereocenters. The van der Waals surface area contributed by atoms with Gasteiger partial charge in [0.25, 0.3) is 0 Å². The molecule has 0 aliphatic heterocycles. The van der Waals surface area contributed by atoms with Gasteiger partial charge >= 0.3 is 0 Å². The van der Waals surface area contributed by atoms with Crippen LogP contribution in [0.2, 0.25) is 5.02 Å². The highest BCUT2D eigenvalue weighted by Gasteiger charge is 2.16. The average molecular weight is 239 g/mol. The number of nitrogen functional groups attached to an aromatic ring is 1. The van der Waals surface area contributed by atoms with Crippen LogP contribution >= 0.6 is 11.6 Å². The lowest BCUT2D eigenvalue weighted by atomic mass is 9.83. The number of benzene rings is 1. The van der Waals surface area contributed by atoms with Crippen molar-refractivity contribution in [1.29, 1.82) is 0 Å². The van der Waals surface area contributed by atoms with E-state index in [-0.39, 0.29) is 0 Å². The van der Waals surface area contributed by atoms with Crippen LogP contribution in [-0.4, -0.2) is 6.54 Å². The lowest BCUT2D eigenvalue weighted by Crippen LogP contribution is -2.21. The fourth-order valence-electron chi connectivity index (χ4n) is 2.02. The number of hydrogen-bond donors (Lipinski definition) is 2. The minimum absolute atomic E-state index is 0.637. The minimum Gasteiger partial charge on any atom is -0.398 e. The van der Waals surface area contributed by atoms with Gasteiger partial charge in [0.05, 0.1) is 10.7 Å². The molecule has 1 fully saturated rings. The Kier molecular flexibility index (Phi) is 4.08. The fourth-order valence-corrected chi connectivity index (χ4v) is 2.14. The summed E-state index contributed by atoms with van der Waals surface area (Å²) in [6.07, 6.45) is 5.59. The second-order valence-electron chi connectivity index (χ2n) is 4.62. The molecule has 0 aromatic heterocycles. The van der Waals surface area contributed by atoms with Crippen LogP contribution in [0.3, 0.4) is 0 Å². The van der Waals surface area contributed by atoms with Crippen LogP contribution in [0.15, 0.2) is 18.2 Å². The van der Waals surface area contributed by atoms with E-state index in [1.54, 1.807) is 0 Å². The van der Waals surface area contributed by atoms with Crippen LogP contribution in [0.4, 0.5) is 5.69 Å². The van der Waals surface area contributed by atoms with E-state index in [1.807, 2.05) is 18.2 Å². The zero-order chi connectivity index (χ0) is 11.4. The van der Waals surface area contributed by atoms with E-state index in [4.69, 9.17) is 17.3 Å². The summed E-state index contributed by atoms with van der Waals surface area (Å²) in [5.74, 6) is 0.975. The molecule has 0 saturated heterocycles. The Morgan fingerprint density at radius 1 is 1.38 bits per heavy atom.